The maximum absolute atomic E-state index is 12.6. The number of hydrogen-bond donors (Lipinski definition) is 1. The number of nitrogens with zero attached hydrogens (tertiary/aromatic N) is 2. The molecular formula is C18H14N2O4S. The molecule has 6 nitrogen and oxygen atoms in total. The molecule has 3 aliphatic rings. The summed E-state index contributed by atoms with van der Waals surface area (Å²) in [6.07, 6.45) is -0.462. The number of rotatable bonds is 1. The highest BCUT2D eigenvalue weighted by atomic mass is 32.2. The molecule has 1 aromatic rings. The molecule has 0 aromatic heterocycles. The van der Waals surface area contributed by atoms with Crippen LogP contribution in [0.4, 0.5) is 4.79 Å². The third kappa shape index (κ3) is 2.46. The molecule has 7 heteroatoms. The van der Waals surface area contributed by atoms with Crippen LogP contribution in [0.15, 0.2) is 46.1 Å². The van der Waals surface area contributed by atoms with E-state index in [1.54, 1.807) is 30.0 Å². The second-order valence-electron chi connectivity index (χ2n) is 5.97. The number of thioether (sulfide) groups is 1. The Morgan fingerprint density at radius 1 is 1.36 bits per heavy atom. The predicted molar refractivity (Wildman–Crippen MR) is 90.7 cm³/mol. The van der Waals surface area contributed by atoms with Crippen molar-refractivity contribution in [3.63, 3.8) is 0 Å². The molecule has 0 spiro atoms. The normalized spacial score (nSPS) is 22.6. The Hall–Kier alpha value is -2.56. The molecule has 1 amide bonds. The largest absolute Gasteiger partial charge is 0.464 e. The summed E-state index contributed by atoms with van der Waals surface area (Å²) >= 11 is 1.59. The number of ketones is 1. The van der Waals surface area contributed by atoms with Crippen LogP contribution in [0.5, 0.6) is 0 Å². The van der Waals surface area contributed by atoms with E-state index in [4.69, 9.17) is 4.74 Å². The smallest absolute Gasteiger partial charge is 0.416 e. The van der Waals surface area contributed by atoms with Crippen molar-refractivity contribution in [3.8, 4) is 6.07 Å². The van der Waals surface area contributed by atoms with Gasteiger partial charge in [-0.15, -0.1) is 11.8 Å². The van der Waals surface area contributed by atoms with E-state index in [2.05, 4.69) is 6.07 Å². The lowest BCUT2D eigenvalue weighted by atomic mass is 9.82. The number of benzene rings is 1. The summed E-state index contributed by atoms with van der Waals surface area (Å²) < 4.78 is 5.32. The highest BCUT2D eigenvalue weighted by Crippen LogP contribution is 2.52. The Morgan fingerprint density at radius 2 is 2.20 bits per heavy atom. The molecule has 0 saturated carbocycles. The lowest BCUT2D eigenvalue weighted by Gasteiger charge is -2.37. The quantitative estimate of drug-likeness (QED) is 0.834. The standard InChI is InChI=1S/C18H14N2O4S/c19-7-10-2-1-3-11(6-10)15-16-13(8-24-9-14(16)21)20(18(22)23)12-4-5-25-17(12)15/h1-3,6,15H,4-5,8-9H2,(H,22,23). The highest BCUT2D eigenvalue weighted by molar-refractivity contribution is 8.03. The number of carbonyl (C=O) groups excluding carboxylic acids is 1. The van der Waals surface area contributed by atoms with Gasteiger partial charge < -0.3 is 9.84 Å². The maximum Gasteiger partial charge on any atom is 0.416 e. The summed E-state index contributed by atoms with van der Waals surface area (Å²) in [5, 5.41) is 18.9. The van der Waals surface area contributed by atoms with Gasteiger partial charge in [-0.25, -0.2) is 4.79 Å². The van der Waals surface area contributed by atoms with Crippen molar-refractivity contribution in [2.75, 3.05) is 19.0 Å². The minimum atomic E-state index is -1.09. The van der Waals surface area contributed by atoms with E-state index in [0.29, 0.717) is 23.3 Å². The molecule has 3 heterocycles. The second kappa shape index (κ2) is 6.06. The summed E-state index contributed by atoms with van der Waals surface area (Å²) in [4.78, 5) is 26.6. The van der Waals surface area contributed by atoms with Crippen LogP contribution >= 0.6 is 11.8 Å². The van der Waals surface area contributed by atoms with Crippen LogP contribution in [-0.4, -0.2) is 40.8 Å². The zero-order valence-corrected chi connectivity index (χ0v) is 14.0. The van der Waals surface area contributed by atoms with E-state index in [-0.39, 0.29) is 24.9 Å². The van der Waals surface area contributed by atoms with E-state index in [1.807, 2.05) is 6.07 Å². The monoisotopic (exact) mass is 354 g/mol. The average Bonchev–Trinajstić information content (AvgIpc) is 3.08. The van der Waals surface area contributed by atoms with Gasteiger partial charge in [0.25, 0.3) is 0 Å². The molecule has 0 radical (unpaired) electrons. The van der Waals surface area contributed by atoms with Crippen molar-refractivity contribution in [2.24, 2.45) is 0 Å². The van der Waals surface area contributed by atoms with Gasteiger partial charge in [-0.3, -0.25) is 9.69 Å². The number of nitriles is 1. The highest BCUT2D eigenvalue weighted by Gasteiger charge is 2.44. The summed E-state index contributed by atoms with van der Waals surface area (Å²) in [7, 11) is 0. The lowest BCUT2D eigenvalue weighted by molar-refractivity contribution is -0.121. The first kappa shape index (κ1) is 15.9. The van der Waals surface area contributed by atoms with E-state index < -0.39 is 6.09 Å². The van der Waals surface area contributed by atoms with Crippen LogP contribution in [0.3, 0.4) is 0 Å². The van der Waals surface area contributed by atoms with Gasteiger partial charge in [0.15, 0.2) is 5.78 Å². The fourth-order valence-corrected chi connectivity index (χ4v) is 4.93. The van der Waals surface area contributed by atoms with Gasteiger partial charge in [-0.1, -0.05) is 12.1 Å². The van der Waals surface area contributed by atoms with Gasteiger partial charge >= 0.3 is 6.09 Å². The number of allylic oxidation sites excluding steroid dienone is 2. The van der Waals surface area contributed by atoms with Gasteiger partial charge in [-0.05, 0) is 24.1 Å². The number of hydrogen-bond acceptors (Lipinski definition) is 5. The molecule has 1 aromatic carbocycles. The molecule has 1 N–H and O–H groups in total. The molecule has 0 bridgehead atoms. The van der Waals surface area contributed by atoms with Gasteiger partial charge in [0.1, 0.15) is 6.61 Å². The average molecular weight is 354 g/mol. The molecule has 0 saturated heterocycles. The van der Waals surface area contributed by atoms with Crippen molar-refractivity contribution in [1.82, 2.24) is 4.90 Å². The van der Waals surface area contributed by atoms with Crippen LogP contribution < -0.4 is 0 Å². The maximum atomic E-state index is 12.6. The summed E-state index contributed by atoms with van der Waals surface area (Å²) in [6.45, 7) is 0.0529. The van der Waals surface area contributed by atoms with Gasteiger partial charge in [0.05, 0.1) is 23.9 Å². The van der Waals surface area contributed by atoms with Crippen LogP contribution in [0, 0.1) is 11.3 Å². The first-order chi connectivity index (χ1) is 12.1. The number of carboxylic acid groups (broad SMARTS) is 1. The minimum absolute atomic E-state index is 0.0476. The Morgan fingerprint density at radius 3 is 2.96 bits per heavy atom. The fraction of sp³-hybridized carbons (Fsp3) is 0.278. The SMILES string of the molecule is N#Cc1cccc(C2C3=C(CCS3)N(C(=O)O)C3=C2C(=O)COC3)c1. The zero-order chi connectivity index (χ0) is 17.6. The van der Waals surface area contributed by atoms with Crippen LogP contribution in [0.1, 0.15) is 23.5 Å². The Kier molecular flexibility index (Phi) is 3.86. The summed E-state index contributed by atoms with van der Waals surface area (Å²) in [6, 6.07) is 9.30. The third-order valence-corrected chi connectivity index (χ3v) is 5.79. The number of amides is 1. The molecule has 0 fully saturated rings. The first-order valence-electron chi connectivity index (χ1n) is 7.84. The van der Waals surface area contributed by atoms with E-state index >= 15 is 0 Å². The zero-order valence-electron chi connectivity index (χ0n) is 13.2. The molecule has 1 atom stereocenters. The third-order valence-electron chi connectivity index (χ3n) is 4.60. The van der Waals surface area contributed by atoms with Crippen LogP contribution in [0.2, 0.25) is 0 Å². The number of carbonyl (C=O) groups is 2. The molecule has 3 aliphatic heterocycles. The Labute approximate surface area is 148 Å². The van der Waals surface area contributed by atoms with Crippen molar-refractivity contribution in [1.29, 1.82) is 5.26 Å². The van der Waals surface area contributed by atoms with Crippen LogP contribution in [0.25, 0.3) is 0 Å². The van der Waals surface area contributed by atoms with E-state index in [0.717, 1.165) is 21.9 Å². The molecule has 1 unspecified atom stereocenters. The topological polar surface area (TPSA) is 90.6 Å². The molecular weight excluding hydrogens is 340 g/mol. The van der Waals surface area contributed by atoms with Crippen molar-refractivity contribution in [3.05, 3.63) is 57.3 Å². The fourth-order valence-electron chi connectivity index (χ4n) is 3.64. The lowest BCUT2D eigenvalue weighted by Crippen LogP contribution is -2.40. The van der Waals surface area contributed by atoms with E-state index in [9.17, 15) is 20.0 Å². The van der Waals surface area contributed by atoms with Crippen molar-refractivity contribution in [2.45, 2.75) is 12.3 Å². The van der Waals surface area contributed by atoms with E-state index in [1.165, 1.54) is 4.90 Å². The minimum Gasteiger partial charge on any atom is -0.464 e. The number of ether oxygens (including phenoxy) is 1. The molecule has 25 heavy (non-hydrogen) atoms. The summed E-state index contributed by atoms with van der Waals surface area (Å²) in [5.74, 6) is 0.259. The first-order valence-corrected chi connectivity index (χ1v) is 8.83. The van der Waals surface area contributed by atoms with Gasteiger partial charge in [0.2, 0.25) is 0 Å². The predicted octanol–water partition coefficient (Wildman–Crippen LogP) is 2.84. The Bertz CT molecular complexity index is 897. The molecule has 4 rings (SSSR count). The van der Waals surface area contributed by atoms with Crippen molar-refractivity contribution >= 4 is 23.6 Å². The van der Waals surface area contributed by atoms with Gasteiger partial charge in [-0.2, -0.15) is 5.26 Å². The van der Waals surface area contributed by atoms with Crippen LogP contribution in [-0.2, 0) is 9.53 Å². The Balaban J connectivity index is 1.95. The van der Waals surface area contributed by atoms with Gasteiger partial charge in [0, 0.05) is 27.8 Å². The second-order valence-corrected chi connectivity index (χ2v) is 7.11. The molecule has 0 aliphatic carbocycles. The molecule has 126 valence electrons. The summed E-state index contributed by atoms with van der Waals surface area (Å²) in [5.41, 5.74) is 2.98. The number of Topliss-reactive ketones (excluding diaryl/α,β-unsaturated/α-hetero) is 1. The van der Waals surface area contributed by atoms with Crippen molar-refractivity contribution < 1.29 is 19.4 Å².